The number of thiazole rings is 1. The van der Waals surface area contributed by atoms with E-state index in [2.05, 4.69) is 103 Å². The zero-order valence-corrected chi connectivity index (χ0v) is 28.6. The van der Waals surface area contributed by atoms with Crippen LogP contribution in [0, 0.1) is 0 Å². The molecule has 10 rings (SSSR count). The zero-order valence-electron chi connectivity index (χ0n) is 27.8. The summed E-state index contributed by atoms with van der Waals surface area (Å²) >= 11 is 1.67. The number of benzene rings is 7. The van der Waals surface area contributed by atoms with Gasteiger partial charge in [0.25, 0.3) is 0 Å². The minimum Gasteiger partial charge on any atom is -0.456 e. The van der Waals surface area contributed by atoms with Crippen LogP contribution in [0.2, 0.25) is 0 Å². The first-order chi connectivity index (χ1) is 25.7. The van der Waals surface area contributed by atoms with Gasteiger partial charge < -0.3 is 4.42 Å². The summed E-state index contributed by atoms with van der Waals surface area (Å²) in [6, 6.07) is 58.3. The van der Waals surface area contributed by atoms with Gasteiger partial charge in [0.2, 0.25) is 0 Å². The Morgan fingerprint density at radius 1 is 0.385 bits per heavy atom. The van der Waals surface area contributed by atoms with Gasteiger partial charge in [-0.25, -0.2) is 19.9 Å². The van der Waals surface area contributed by atoms with Crippen LogP contribution in [0.5, 0.6) is 0 Å². The van der Waals surface area contributed by atoms with Gasteiger partial charge in [-0.15, -0.1) is 11.3 Å². The zero-order chi connectivity index (χ0) is 34.4. The lowest BCUT2D eigenvalue weighted by Crippen LogP contribution is -2.00. The fraction of sp³-hybridized carbons (Fsp3) is 0. The number of aromatic nitrogens is 4. The third-order valence-corrected chi connectivity index (χ3v) is 10.5. The van der Waals surface area contributed by atoms with Crippen molar-refractivity contribution in [2.24, 2.45) is 0 Å². The number of furan rings is 1. The maximum absolute atomic E-state index is 6.21. The molecule has 3 aromatic heterocycles. The van der Waals surface area contributed by atoms with E-state index in [4.69, 9.17) is 24.4 Å². The third-order valence-electron chi connectivity index (χ3n) is 9.39. The van der Waals surface area contributed by atoms with Gasteiger partial charge in [-0.3, -0.25) is 0 Å². The molecule has 0 radical (unpaired) electrons. The van der Waals surface area contributed by atoms with Gasteiger partial charge in [-0.05, 0) is 58.7 Å². The molecule has 6 heteroatoms. The van der Waals surface area contributed by atoms with Gasteiger partial charge in [0, 0.05) is 33.0 Å². The molecule has 0 N–H and O–H groups in total. The Labute approximate surface area is 303 Å². The Morgan fingerprint density at radius 2 is 0.962 bits per heavy atom. The van der Waals surface area contributed by atoms with Crippen LogP contribution in [0.1, 0.15) is 0 Å². The van der Waals surface area contributed by atoms with Crippen molar-refractivity contribution in [3.8, 4) is 67.0 Å². The van der Waals surface area contributed by atoms with Crippen molar-refractivity contribution in [2.45, 2.75) is 0 Å². The monoisotopic (exact) mass is 684 g/mol. The van der Waals surface area contributed by atoms with Gasteiger partial charge in [0.05, 0.1) is 10.2 Å². The molecule has 0 saturated carbocycles. The molecule has 0 saturated heterocycles. The smallest absolute Gasteiger partial charge is 0.164 e. The lowest BCUT2D eigenvalue weighted by molar-refractivity contribution is 0.669. The van der Waals surface area contributed by atoms with Crippen LogP contribution >= 0.6 is 11.3 Å². The van der Waals surface area contributed by atoms with Gasteiger partial charge >= 0.3 is 0 Å². The van der Waals surface area contributed by atoms with Crippen molar-refractivity contribution >= 4 is 43.5 Å². The molecule has 5 nitrogen and oxygen atoms in total. The van der Waals surface area contributed by atoms with Crippen molar-refractivity contribution in [3.05, 3.63) is 170 Å². The topological polar surface area (TPSA) is 64.7 Å². The molecule has 7 aromatic carbocycles. The summed E-state index contributed by atoms with van der Waals surface area (Å²) in [4.78, 5) is 20.2. The molecule has 3 heterocycles. The molecule has 0 spiro atoms. The van der Waals surface area contributed by atoms with Crippen molar-refractivity contribution in [1.82, 2.24) is 19.9 Å². The maximum atomic E-state index is 6.21. The Balaban J connectivity index is 1.04. The van der Waals surface area contributed by atoms with Gasteiger partial charge in [0.1, 0.15) is 16.2 Å². The summed E-state index contributed by atoms with van der Waals surface area (Å²) in [6.07, 6.45) is 0. The summed E-state index contributed by atoms with van der Waals surface area (Å²) in [5, 5.41) is 2.99. The predicted octanol–water partition coefficient (Wildman–Crippen LogP) is 12.4. The predicted molar refractivity (Wildman–Crippen MR) is 213 cm³/mol. The minimum absolute atomic E-state index is 0.597. The number of fused-ring (bicyclic) bond motifs is 4. The third kappa shape index (κ3) is 5.43. The summed E-state index contributed by atoms with van der Waals surface area (Å²) < 4.78 is 7.27. The van der Waals surface area contributed by atoms with Crippen LogP contribution in [-0.2, 0) is 0 Å². The van der Waals surface area contributed by atoms with E-state index in [9.17, 15) is 0 Å². The van der Waals surface area contributed by atoms with E-state index in [1.165, 1.54) is 16.7 Å². The Morgan fingerprint density at radius 3 is 1.77 bits per heavy atom. The second-order valence-electron chi connectivity index (χ2n) is 12.7. The second kappa shape index (κ2) is 12.5. The molecule has 0 atom stereocenters. The second-order valence-corrected chi connectivity index (χ2v) is 13.7. The van der Waals surface area contributed by atoms with Crippen molar-refractivity contribution in [3.63, 3.8) is 0 Å². The van der Waals surface area contributed by atoms with Crippen LogP contribution in [0.25, 0.3) is 99.1 Å². The minimum atomic E-state index is 0.597. The van der Waals surface area contributed by atoms with Crippen LogP contribution < -0.4 is 0 Å². The maximum Gasteiger partial charge on any atom is 0.164 e. The molecule has 0 aliphatic carbocycles. The van der Waals surface area contributed by atoms with E-state index in [1.807, 2.05) is 66.7 Å². The van der Waals surface area contributed by atoms with Crippen LogP contribution in [0.3, 0.4) is 0 Å². The van der Waals surface area contributed by atoms with E-state index in [0.717, 1.165) is 65.0 Å². The average molecular weight is 685 g/mol. The first kappa shape index (κ1) is 30.1. The number of hydrogen-bond donors (Lipinski definition) is 0. The van der Waals surface area contributed by atoms with Crippen LogP contribution in [0.15, 0.2) is 174 Å². The Hall–Kier alpha value is -6.76. The Bertz CT molecular complexity index is 2900. The summed E-state index contributed by atoms with van der Waals surface area (Å²) in [7, 11) is 0. The molecule has 244 valence electrons. The van der Waals surface area contributed by atoms with Gasteiger partial charge in [-0.1, -0.05) is 133 Å². The number of hydrogen-bond acceptors (Lipinski definition) is 6. The fourth-order valence-electron chi connectivity index (χ4n) is 6.81. The summed E-state index contributed by atoms with van der Waals surface area (Å²) in [5.74, 6) is 1.82. The van der Waals surface area contributed by atoms with Crippen molar-refractivity contribution < 1.29 is 4.42 Å². The van der Waals surface area contributed by atoms with E-state index in [1.54, 1.807) is 11.3 Å². The fourth-order valence-corrected chi connectivity index (χ4v) is 7.81. The van der Waals surface area contributed by atoms with Gasteiger partial charge in [0.15, 0.2) is 17.5 Å². The molecule has 52 heavy (non-hydrogen) atoms. The summed E-state index contributed by atoms with van der Waals surface area (Å²) in [5.41, 5.74) is 11.1. The first-order valence-electron chi connectivity index (χ1n) is 17.1. The molecular formula is C46H28N4OS. The molecule has 0 bridgehead atoms. The highest BCUT2D eigenvalue weighted by Crippen LogP contribution is 2.38. The number of nitrogens with zero attached hydrogens (tertiary/aromatic N) is 4. The van der Waals surface area contributed by atoms with E-state index in [0.29, 0.717) is 17.5 Å². The average Bonchev–Trinajstić information content (AvgIpc) is 3.83. The Kier molecular flexibility index (Phi) is 7.25. The molecule has 0 fully saturated rings. The lowest BCUT2D eigenvalue weighted by atomic mass is 9.99. The van der Waals surface area contributed by atoms with Crippen molar-refractivity contribution in [1.29, 1.82) is 0 Å². The highest BCUT2D eigenvalue weighted by molar-refractivity contribution is 7.21. The van der Waals surface area contributed by atoms with Crippen LogP contribution in [-0.4, -0.2) is 19.9 Å². The van der Waals surface area contributed by atoms with Crippen LogP contribution in [0.4, 0.5) is 0 Å². The SMILES string of the molecule is c1ccc(-c2ccc(-c3cccc(-c4nc5ccc(-c6nc(-c7ccccc7)nc(-c7cccc8oc9ccccc9c78)n6)cc5s4)c3)cc2)cc1. The quantitative estimate of drug-likeness (QED) is 0.174. The van der Waals surface area contributed by atoms with E-state index in [-0.39, 0.29) is 0 Å². The molecule has 0 amide bonds. The van der Waals surface area contributed by atoms with E-state index >= 15 is 0 Å². The molecule has 0 aliphatic heterocycles. The highest BCUT2D eigenvalue weighted by Gasteiger charge is 2.18. The highest BCUT2D eigenvalue weighted by atomic mass is 32.1. The number of rotatable bonds is 6. The van der Waals surface area contributed by atoms with Crippen molar-refractivity contribution in [2.75, 3.05) is 0 Å². The first-order valence-corrected chi connectivity index (χ1v) is 17.9. The lowest BCUT2D eigenvalue weighted by Gasteiger charge is -2.09. The number of para-hydroxylation sites is 1. The molecule has 10 aromatic rings. The molecule has 0 unspecified atom stereocenters. The van der Waals surface area contributed by atoms with E-state index < -0.39 is 0 Å². The van der Waals surface area contributed by atoms with Gasteiger partial charge in [-0.2, -0.15) is 0 Å². The molecular weight excluding hydrogens is 657 g/mol. The normalized spacial score (nSPS) is 11.5. The summed E-state index contributed by atoms with van der Waals surface area (Å²) in [6.45, 7) is 0. The largest absolute Gasteiger partial charge is 0.456 e. The standard InChI is InChI=1S/C46H28N4OS/c1-3-11-29(12-4-1)30-21-23-31(24-22-30)33-15-9-16-35(27-33)46-47-38-26-25-34(28-41(38)52-46)44-48-43(32-13-5-2-6-14-32)49-45(50-44)37-18-10-20-40-42(37)36-17-7-8-19-39(36)51-40/h1-28H. The molecule has 0 aliphatic rings.